The number of aromatic nitrogens is 2. The van der Waals surface area contributed by atoms with Crippen LogP contribution in [0, 0.1) is 4.77 Å². The van der Waals surface area contributed by atoms with Crippen molar-refractivity contribution in [2.75, 3.05) is 20.1 Å². The van der Waals surface area contributed by atoms with E-state index in [4.69, 9.17) is 18.0 Å². The summed E-state index contributed by atoms with van der Waals surface area (Å²) in [5.74, 6) is 0. The molecule has 0 fully saturated rings. The van der Waals surface area contributed by atoms with E-state index in [2.05, 4.69) is 21.9 Å². The number of hydrogen-bond donors (Lipinski definition) is 2. The lowest BCUT2D eigenvalue weighted by Crippen LogP contribution is -2.29. The molecule has 0 spiro atoms. The van der Waals surface area contributed by atoms with Crippen LogP contribution in [0.3, 0.4) is 0 Å². The number of nitrogens with zero attached hydrogens (tertiary/aromatic N) is 2. The molecule has 4 nitrogen and oxygen atoms in total. The fourth-order valence-corrected chi connectivity index (χ4v) is 2.23. The van der Waals surface area contributed by atoms with Crippen molar-refractivity contribution in [1.29, 1.82) is 0 Å². The van der Waals surface area contributed by atoms with Crippen LogP contribution in [0.4, 0.5) is 0 Å². The van der Waals surface area contributed by atoms with Gasteiger partial charge in [-0.1, -0.05) is 0 Å². The van der Waals surface area contributed by atoms with Gasteiger partial charge in [-0.05, 0) is 25.8 Å². The van der Waals surface area contributed by atoms with Crippen LogP contribution in [-0.2, 0) is 19.4 Å². The third kappa shape index (κ3) is 2.25. The predicted octanol–water partition coefficient (Wildman–Crippen LogP) is 0.628. The van der Waals surface area contributed by atoms with Gasteiger partial charge >= 0.3 is 0 Å². The second-order valence-corrected chi connectivity index (χ2v) is 4.36. The molecule has 1 aliphatic heterocycles. The van der Waals surface area contributed by atoms with Crippen LogP contribution in [0.2, 0.25) is 0 Å². The number of fused-ring (bicyclic) bond motifs is 1. The number of nitrogens with one attached hydrogen (secondary N) is 1. The van der Waals surface area contributed by atoms with Gasteiger partial charge in [0.1, 0.15) is 0 Å². The minimum absolute atomic E-state index is 0.585. The van der Waals surface area contributed by atoms with Gasteiger partial charge in [-0.3, -0.25) is 0 Å². The van der Waals surface area contributed by atoms with Gasteiger partial charge in [0.25, 0.3) is 0 Å². The number of nitrogens with two attached hydrogens (primary N) is 1. The number of hydrogen-bond acceptors (Lipinski definition) is 4. The largest absolute Gasteiger partial charge is 0.334 e. The quantitative estimate of drug-likeness (QED) is 0.723. The fraction of sp³-hybridized carbons (Fsp3) is 0.600. The standard InChI is InChI=1S/C10H16N4S/c1-14-5-3-9-7(6-14)8(2-4-11)12-10(15)13-9/h2-6,11H2,1H3,(H,12,13,15). The van der Waals surface area contributed by atoms with Gasteiger partial charge in [0.2, 0.25) is 0 Å². The number of rotatable bonds is 2. The van der Waals surface area contributed by atoms with Gasteiger partial charge in [0.15, 0.2) is 4.77 Å². The topological polar surface area (TPSA) is 57.9 Å². The highest BCUT2D eigenvalue weighted by molar-refractivity contribution is 7.71. The van der Waals surface area contributed by atoms with Crippen LogP contribution in [0.5, 0.6) is 0 Å². The first kappa shape index (κ1) is 10.7. The minimum atomic E-state index is 0.585. The smallest absolute Gasteiger partial charge is 0.197 e. The number of H-pyrrole nitrogens is 1. The average Bonchev–Trinajstić information content (AvgIpc) is 2.19. The van der Waals surface area contributed by atoms with Crippen molar-refractivity contribution in [1.82, 2.24) is 14.9 Å². The monoisotopic (exact) mass is 224 g/mol. The zero-order chi connectivity index (χ0) is 10.8. The molecule has 0 bridgehead atoms. The average molecular weight is 224 g/mol. The van der Waals surface area contributed by atoms with Crippen molar-refractivity contribution in [3.63, 3.8) is 0 Å². The molecule has 82 valence electrons. The number of likely N-dealkylation sites (N-methyl/N-ethyl adjacent to an activating group) is 1. The maximum atomic E-state index is 5.58. The molecule has 0 amide bonds. The first-order valence-electron chi connectivity index (χ1n) is 5.20. The summed E-state index contributed by atoms with van der Waals surface area (Å²) in [5.41, 5.74) is 9.19. The molecule has 0 aromatic carbocycles. The lowest BCUT2D eigenvalue weighted by atomic mass is 10.0. The van der Waals surface area contributed by atoms with E-state index < -0.39 is 0 Å². The molecule has 0 aliphatic carbocycles. The van der Waals surface area contributed by atoms with Crippen molar-refractivity contribution >= 4 is 12.2 Å². The van der Waals surface area contributed by atoms with Crippen molar-refractivity contribution in [3.05, 3.63) is 21.7 Å². The molecule has 0 unspecified atom stereocenters. The Kier molecular flexibility index (Phi) is 3.14. The molecule has 0 saturated carbocycles. The highest BCUT2D eigenvalue weighted by Gasteiger charge is 2.17. The van der Waals surface area contributed by atoms with Gasteiger partial charge in [-0.15, -0.1) is 0 Å². The third-order valence-corrected chi connectivity index (χ3v) is 2.95. The first-order chi connectivity index (χ1) is 7.20. The Bertz CT molecular complexity index is 412. The zero-order valence-electron chi connectivity index (χ0n) is 8.92. The Morgan fingerprint density at radius 1 is 1.60 bits per heavy atom. The van der Waals surface area contributed by atoms with Crippen LogP contribution >= 0.6 is 12.2 Å². The molecule has 0 radical (unpaired) electrons. The van der Waals surface area contributed by atoms with Gasteiger partial charge in [0, 0.05) is 37.2 Å². The summed E-state index contributed by atoms with van der Waals surface area (Å²) >= 11 is 5.11. The Labute approximate surface area is 94.5 Å². The van der Waals surface area contributed by atoms with Crippen LogP contribution in [0.15, 0.2) is 0 Å². The number of aromatic amines is 1. The second-order valence-electron chi connectivity index (χ2n) is 3.97. The zero-order valence-corrected chi connectivity index (χ0v) is 9.73. The highest BCUT2D eigenvalue weighted by atomic mass is 32.1. The second kappa shape index (κ2) is 4.38. The van der Waals surface area contributed by atoms with Crippen LogP contribution < -0.4 is 5.73 Å². The molecule has 5 heteroatoms. The van der Waals surface area contributed by atoms with E-state index in [1.807, 2.05) is 0 Å². The Morgan fingerprint density at radius 2 is 2.40 bits per heavy atom. The molecule has 1 aromatic heterocycles. The molecule has 1 aliphatic rings. The third-order valence-electron chi connectivity index (χ3n) is 2.76. The van der Waals surface area contributed by atoms with Gasteiger partial charge < -0.3 is 15.6 Å². The van der Waals surface area contributed by atoms with E-state index in [0.29, 0.717) is 11.3 Å². The molecular weight excluding hydrogens is 208 g/mol. The fourth-order valence-electron chi connectivity index (χ4n) is 1.99. The molecule has 0 atom stereocenters. The van der Waals surface area contributed by atoms with E-state index in [-0.39, 0.29) is 0 Å². The lowest BCUT2D eigenvalue weighted by molar-refractivity contribution is 0.307. The SMILES string of the molecule is CN1CCc2[nH]c(=S)nc(CCN)c2C1. The van der Waals surface area contributed by atoms with Crippen LogP contribution in [-0.4, -0.2) is 35.0 Å². The maximum Gasteiger partial charge on any atom is 0.197 e. The minimum Gasteiger partial charge on any atom is -0.334 e. The maximum absolute atomic E-state index is 5.58. The van der Waals surface area contributed by atoms with Gasteiger partial charge in [-0.25, -0.2) is 4.98 Å². The Balaban J connectivity index is 2.45. The van der Waals surface area contributed by atoms with Crippen molar-refractivity contribution in [2.45, 2.75) is 19.4 Å². The van der Waals surface area contributed by atoms with E-state index in [9.17, 15) is 0 Å². The Hall–Kier alpha value is -0.780. The summed E-state index contributed by atoms with van der Waals surface area (Å²) in [4.78, 5) is 9.84. The van der Waals surface area contributed by atoms with E-state index in [1.165, 1.54) is 11.3 Å². The van der Waals surface area contributed by atoms with Gasteiger partial charge in [0.05, 0.1) is 5.69 Å². The molecule has 2 rings (SSSR count). The normalized spacial score (nSPS) is 16.4. The summed E-state index contributed by atoms with van der Waals surface area (Å²) in [5, 5.41) is 0. The summed E-state index contributed by atoms with van der Waals surface area (Å²) in [6, 6.07) is 0. The van der Waals surface area contributed by atoms with Gasteiger partial charge in [-0.2, -0.15) is 0 Å². The van der Waals surface area contributed by atoms with Crippen LogP contribution in [0.1, 0.15) is 17.0 Å². The Morgan fingerprint density at radius 3 is 3.13 bits per heavy atom. The molecule has 0 saturated heterocycles. The summed E-state index contributed by atoms with van der Waals surface area (Å²) in [6.45, 7) is 2.65. The predicted molar refractivity (Wildman–Crippen MR) is 62.2 cm³/mol. The molecule has 3 N–H and O–H groups in total. The van der Waals surface area contributed by atoms with Crippen molar-refractivity contribution < 1.29 is 0 Å². The van der Waals surface area contributed by atoms with E-state index in [0.717, 1.165) is 31.6 Å². The lowest BCUT2D eigenvalue weighted by Gasteiger charge is -2.26. The molecule has 15 heavy (non-hydrogen) atoms. The highest BCUT2D eigenvalue weighted by Crippen LogP contribution is 2.18. The van der Waals surface area contributed by atoms with Crippen molar-refractivity contribution in [2.24, 2.45) is 5.73 Å². The van der Waals surface area contributed by atoms with E-state index in [1.54, 1.807) is 0 Å². The van der Waals surface area contributed by atoms with Crippen LogP contribution in [0.25, 0.3) is 0 Å². The van der Waals surface area contributed by atoms with Crippen molar-refractivity contribution in [3.8, 4) is 0 Å². The summed E-state index contributed by atoms with van der Waals surface area (Å²) < 4.78 is 0.585. The van der Waals surface area contributed by atoms with E-state index >= 15 is 0 Å². The summed E-state index contributed by atoms with van der Waals surface area (Å²) in [6.07, 6.45) is 1.84. The molecule has 1 aromatic rings. The summed E-state index contributed by atoms with van der Waals surface area (Å²) in [7, 11) is 2.12. The molecule has 2 heterocycles. The molecular formula is C10H16N4S. The first-order valence-corrected chi connectivity index (χ1v) is 5.61.